The monoisotopic (exact) mass is 258 g/mol. The van der Waals surface area contributed by atoms with Crippen molar-refractivity contribution in [3.8, 4) is 0 Å². The lowest BCUT2D eigenvalue weighted by atomic mass is 10.3. The molecule has 0 radical (unpaired) electrons. The molecule has 92 valence electrons. The molecule has 2 aliphatic rings. The molecule has 1 saturated heterocycles. The molecule has 0 unspecified atom stereocenters. The van der Waals surface area contributed by atoms with Gasteiger partial charge in [-0.15, -0.1) is 0 Å². The zero-order chi connectivity index (χ0) is 12.6. The van der Waals surface area contributed by atoms with E-state index in [1.54, 1.807) is 0 Å². The lowest BCUT2D eigenvalue weighted by Crippen LogP contribution is -2.30. The van der Waals surface area contributed by atoms with E-state index in [-0.39, 0.29) is 0 Å². The van der Waals surface area contributed by atoms with Gasteiger partial charge in [0.25, 0.3) is 15.9 Å². The Bertz CT molecular complexity index is 540. The van der Waals surface area contributed by atoms with Gasteiger partial charge in [0.05, 0.1) is 0 Å². The highest BCUT2D eigenvalue weighted by Crippen LogP contribution is 2.21. The van der Waals surface area contributed by atoms with Crippen molar-refractivity contribution in [1.82, 2.24) is 4.90 Å². The van der Waals surface area contributed by atoms with Crippen molar-refractivity contribution in [3.05, 3.63) is 11.0 Å². The Labute approximate surface area is 97.5 Å². The second-order valence-corrected chi connectivity index (χ2v) is 5.34. The van der Waals surface area contributed by atoms with Crippen LogP contribution in [0, 0.1) is 0 Å². The molecule has 0 aromatic heterocycles. The standard InChI is InChI=1S/C9H10N2O5S/c12-8(11-3-1-2-4-11)7-5-6(9(13)14)10-17(7,15)16/h5H,1-4H2,(H,13,14). The molecule has 0 aromatic carbocycles. The molecule has 0 aromatic rings. The van der Waals surface area contributed by atoms with Crippen LogP contribution in [0.2, 0.25) is 0 Å². The van der Waals surface area contributed by atoms with Gasteiger partial charge in [0.2, 0.25) is 0 Å². The predicted octanol–water partition coefficient (Wildman–Crippen LogP) is -0.638. The van der Waals surface area contributed by atoms with Crippen LogP contribution < -0.4 is 0 Å². The second kappa shape index (κ2) is 3.95. The Hall–Kier alpha value is -1.70. The molecule has 1 fully saturated rings. The van der Waals surface area contributed by atoms with Crippen molar-refractivity contribution < 1.29 is 23.1 Å². The normalized spacial score (nSPS) is 22.2. The number of carbonyl (C=O) groups is 2. The summed E-state index contributed by atoms with van der Waals surface area (Å²) in [5, 5.41) is 8.65. The first kappa shape index (κ1) is 11.8. The molecule has 0 spiro atoms. The quantitative estimate of drug-likeness (QED) is 0.709. The molecule has 7 nitrogen and oxygen atoms in total. The number of aliphatic carboxylic acids is 1. The molecule has 17 heavy (non-hydrogen) atoms. The molecule has 8 heteroatoms. The van der Waals surface area contributed by atoms with Crippen molar-refractivity contribution >= 4 is 27.6 Å². The van der Waals surface area contributed by atoms with Gasteiger partial charge in [-0.1, -0.05) is 0 Å². The Morgan fingerprint density at radius 2 is 1.88 bits per heavy atom. The van der Waals surface area contributed by atoms with Crippen LogP contribution in [0.5, 0.6) is 0 Å². The van der Waals surface area contributed by atoms with Gasteiger partial charge in [0.15, 0.2) is 10.6 Å². The Morgan fingerprint density at radius 1 is 1.29 bits per heavy atom. The molecule has 0 aliphatic carbocycles. The van der Waals surface area contributed by atoms with E-state index < -0.39 is 32.5 Å². The maximum absolute atomic E-state index is 11.8. The van der Waals surface area contributed by atoms with Crippen LogP contribution in [-0.2, 0) is 19.6 Å². The van der Waals surface area contributed by atoms with Crippen molar-refractivity contribution in [2.75, 3.05) is 13.1 Å². The highest BCUT2D eigenvalue weighted by molar-refractivity contribution is 7.95. The second-order valence-electron chi connectivity index (χ2n) is 3.76. The van der Waals surface area contributed by atoms with E-state index in [0.717, 1.165) is 18.9 Å². The fraction of sp³-hybridized carbons (Fsp3) is 0.444. The molecule has 2 rings (SSSR count). The minimum Gasteiger partial charge on any atom is -0.476 e. The van der Waals surface area contributed by atoms with Gasteiger partial charge >= 0.3 is 5.97 Å². The molecular formula is C9H10N2O5S. The minimum atomic E-state index is -4.14. The van der Waals surface area contributed by atoms with Crippen molar-refractivity contribution in [1.29, 1.82) is 0 Å². The number of sulfonamides is 1. The number of carboxylic acid groups (broad SMARTS) is 1. The summed E-state index contributed by atoms with van der Waals surface area (Å²) in [5.74, 6) is -2.12. The summed E-state index contributed by atoms with van der Waals surface area (Å²) in [7, 11) is -4.14. The van der Waals surface area contributed by atoms with Gasteiger partial charge < -0.3 is 10.0 Å². The molecule has 0 atom stereocenters. The van der Waals surface area contributed by atoms with Gasteiger partial charge in [0.1, 0.15) is 0 Å². The lowest BCUT2D eigenvalue weighted by Gasteiger charge is -2.14. The molecule has 0 bridgehead atoms. The maximum atomic E-state index is 11.8. The van der Waals surface area contributed by atoms with Crippen LogP contribution in [0.1, 0.15) is 12.8 Å². The van der Waals surface area contributed by atoms with E-state index in [9.17, 15) is 18.0 Å². The number of hydrogen-bond donors (Lipinski definition) is 1. The van der Waals surface area contributed by atoms with Crippen LogP contribution in [0.25, 0.3) is 0 Å². The third-order valence-electron chi connectivity index (χ3n) is 2.59. The average Bonchev–Trinajstić information content (AvgIpc) is 2.83. The SMILES string of the molecule is O=C(O)C1=NS(=O)(=O)C(C(=O)N2CCCC2)=C1. The molecule has 1 N–H and O–H groups in total. The Morgan fingerprint density at radius 3 is 2.35 bits per heavy atom. The first-order valence-electron chi connectivity index (χ1n) is 5.01. The predicted molar refractivity (Wildman–Crippen MR) is 57.9 cm³/mol. The molecule has 2 heterocycles. The zero-order valence-corrected chi connectivity index (χ0v) is 9.61. The van der Waals surface area contributed by atoms with Crippen molar-refractivity contribution in [3.63, 3.8) is 0 Å². The van der Waals surface area contributed by atoms with E-state index in [1.807, 2.05) is 0 Å². The number of rotatable bonds is 2. The number of nitrogens with zero attached hydrogens (tertiary/aromatic N) is 2. The summed E-state index contributed by atoms with van der Waals surface area (Å²) in [6.45, 7) is 0.988. The maximum Gasteiger partial charge on any atom is 0.355 e. The summed E-state index contributed by atoms with van der Waals surface area (Å²) in [6.07, 6.45) is 2.47. The Kier molecular flexibility index (Phi) is 2.74. The summed E-state index contributed by atoms with van der Waals surface area (Å²) in [5.41, 5.74) is -0.618. The van der Waals surface area contributed by atoms with Crippen LogP contribution >= 0.6 is 0 Å². The molecule has 1 amide bonds. The number of carbonyl (C=O) groups excluding carboxylic acids is 1. The van der Waals surface area contributed by atoms with Gasteiger partial charge in [0, 0.05) is 13.1 Å². The van der Waals surface area contributed by atoms with Gasteiger partial charge in [-0.3, -0.25) is 4.79 Å². The molecule has 0 saturated carbocycles. The van der Waals surface area contributed by atoms with Crippen LogP contribution in [0.15, 0.2) is 15.4 Å². The van der Waals surface area contributed by atoms with Crippen molar-refractivity contribution in [2.45, 2.75) is 12.8 Å². The third-order valence-corrected chi connectivity index (χ3v) is 3.87. The van der Waals surface area contributed by atoms with Crippen LogP contribution in [0.3, 0.4) is 0 Å². The topological polar surface area (TPSA) is 104 Å². The summed E-state index contributed by atoms with van der Waals surface area (Å²) in [6, 6.07) is 0. The largest absolute Gasteiger partial charge is 0.476 e. The average molecular weight is 258 g/mol. The van der Waals surface area contributed by atoms with Crippen LogP contribution in [0.4, 0.5) is 0 Å². The van der Waals surface area contributed by atoms with E-state index in [4.69, 9.17) is 5.11 Å². The van der Waals surface area contributed by atoms with Gasteiger partial charge in [-0.05, 0) is 18.9 Å². The number of hydrogen-bond acceptors (Lipinski definition) is 4. The smallest absolute Gasteiger partial charge is 0.355 e. The number of amides is 1. The summed E-state index contributed by atoms with van der Waals surface area (Å²) in [4.78, 5) is 23.3. The molecule has 2 aliphatic heterocycles. The minimum absolute atomic E-state index is 0.494. The van der Waals surface area contributed by atoms with E-state index >= 15 is 0 Å². The third kappa shape index (κ3) is 2.07. The summed E-state index contributed by atoms with van der Waals surface area (Å²) >= 11 is 0. The Balaban J connectivity index is 2.31. The fourth-order valence-electron chi connectivity index (χ4n) is 1.75. The van der Waals surface area contributed by atoms with Gasteiger partial charge in [-0.2, -0.15) is 12.8 Å². The summed E-state index contributed by atoms with van der Waals surface area (Å²) < 4.78 is 26.1. The highest BCUT2D eigenvalue weighted by atomic mass is 32.2. The lowest BCUT2D eigenvalue weighted by molar-refractivity contribution is -0.129. The first-order chi connectivity index (χ1) is 7.92. The zero-order valence-electron chi connectivity index (χ0n) is 8.79. The van der Waals surface area contributed by atoms with Crippen molar-refractivity contribution in [2.24, 2.45) is 4.40 Å². The number of carboxylic acids is 1. The van der Waals surface area contributed by atoms with E-state index in [2.05, 4.69) is 4.40 Å². The number of likely N-dealkylation sites (tertiary alicyclic amines) is 1. The molecular weight excluding hydrogens is 248 g/mol. The first-order valence-corrected chi connectivity index (χ1v) is 6.45. The highest BCUT2D eigenvalue weighted by Gasteiger charge is 2.36. The van der Waals surface area contributed by atoms with Crippen LogP contribution in [-0.4, -0.2) is 49.1 Å². The van der Waals surface area contributed by atoms with Gasteiger partial charge in [-0.25, -0.2) is 4.79 Å². The fourth-order valence-corrected chi connectivity index (χ4v) is 2.85. The van der Waals surface area contributed by atoms with E-state index in [0.29, 0.717) is 13.1 Å². The van der Waals surface area contributed by atoms with E-state index in [1.165, 1.54) is 4.90 Å².